The smallest absolute Gasteiger partial charge is 0.0140 e. The normalized spacial score (nSPS) is 10.8. The lowest BCUT2D eigenvalue weighted by Gasteiger charge is -2.18. The first kappa shape index (κ1) is 39.6. The third kappa shape index (κ3) is 11.1. The topological polar surface area (TPSA) is 0 Å². The summed E-state index contributed by atoms with van der Waals surface area (Å²) in [5, 5.41) is 2.64. The number of hydrogen-bond acceptors (Lipinski definition) is 0. The van der Waals surface area contributed by atoms with E-state index in [0.717, 1.165) is 6.42 Å². The van der Waals surface area contributed by atoms with Crippen LogP contribution in [0.5, 0.6) is 0 Å². The van der Waals surface area contributed by atoms with E-state index in [1.807, 2.05) is 13.8 Å². The Bertz CT molecular complexity index is 2070. The third-order valence-corrected chi connectivity index (χ3v) is 9.52. The summed E-state index contributed by atoms with van der Waals surface area (Å²) in [6.45, 7) is 17.2. The molecule has 0 radical (unpaired) electrons. The van der Waals surface area contributed by atoms with E-state index < -0.39 is 0 Å². The van der Waals surface area contributed by atoms with E-state index in [2.05, 4.69) is 205 Å². The van der Waals surface area contributed by atoms with Crippen LogP contribution >= 0.6 is 0 Å². The Labute approximate surface area is 315 Å². The maximum absolute atomic E-state index is 2.38. The predicted octanol–water partition coefficient (Wildman–Crippen LogP) is 15.6. The lowest BCUT2D eigenvalue weighted by atomic mass is 9.86. The van der Waals surface area contributed by atoms with E-state index in [4.69, 9.17) is 0 Å². The average molecular weight is 683 g/mol. The molecule has 0 saturated carbocycles. The van der Waals surface area contributed by atoms with Crippen molar-refractivity contribution in [1.29, 1.82) is 0 Å². The number of fused-ring (bicyclic) bond motifs is 1. The second-order valence-electron chi connectivity index (χ2n) is 13.5. The molecule has 7 aromatic rings. The van der Waals surface area contributed by atoms with Crippen molar-refractivity contribution in [2.24, 2.45) is 0 Å². The highest BCUT2D eigenvalue weighted by Crippen LogP contribution is 2.36. The van der Waals surface area contributed by atoms with E-state index in [9.17, 15) is 0 Å². The fourth-order valence-electron chi connectivity index (χ4n) is 6.34. The fraction of sp³-hybridized carbons (Fsp3) is 0.231. The van der Waals surface area contributed by atoms with Gasteiger partial charge in [0.1, 0.15) is 0 Å². The van der Waals surface area contributed by atoms with Crippen molar-refractivity contribution < 1.29 is 0 Å². The molecule has 0 heterocycles. The van der Waals surface area contributed by atoms with Crippen LogP contribution in [0, 0.1) is 20.8 Å². The minimum Gasteiger partial charge on any atom is -0.0683 e. The van der Waals surface area contributed by atoms with Gasteiger partial charge in [-0.25, -0.2) is 0 Å². The van der Waals surface area contributed by atoms with E-state index >= 15 is 0 Å². The highest BCUT2D eigenvalue weighted by Gasteiger charge is 2.14. The van der Waals surface area contributed by atoms with Crippen molar-refractivity contribution >= 4 is 10.8 Å². The molecular weight excluding hydrogens is 625 g/mol. The summed E-state index contributed by atoms with van der Waals surface area (Å²) in [5.74, 6) is 0.539. The van der Waals surface area contributed by atoms with Gasteiger partial charge in [0.05, 0.1) is 0 Å². The van der Waals surface area contributed by atoms with Gasteiger partial charge in [-0.1, -0.05) is 210 Å². The van der Waals surface area contributed by atoms with Crippen LogP contribution in [0.15, 0.2) is 164 Å². The molecule has 0 aliphatic rings. The molecule has 1 atom stereocenters. The lowest BCUT2D eigenvalue weighted by molar-refractivity contribution is 0.735. The second kappa shape index (κ2) is 20.6. The average Bonchev–Trinajstić information content (AvgIpc) is 3.20. The number of benzene rings is 7. The summed E-state index contributed by atoms with van der Waals surface area (Å²) in [7, 11) is 0. The quantitative estimate of drug-likeness (QED) is 0.157. The molecule has 0 fully saturated rings. The maximum atomic E-state index is 2.38. The maximum Gasteiger partial charge on any atom is -0.0140 e. The molecule has 0 saturated heterocycles. The first-order valence-corrected chi connectivity index (χ1v) is 19.2. The highest BCUT2D eigenvalue weighted by atomic mass is 14.2. The van der Waals surface area contributed by atoms with Crippen molar-refractivity contribution in [2.75, 3.05) is 0 Å². The van der Waals surface area contributed by atoms with Crippen molar-refractivity contribution in [3.8, 4) is 33.4 Å². The standard InChI is InChI=1S/C30H30.C11H10.C9H12.C2H6/c1-5-22(3)29-19-18-27(20-30(29)28-9-7-6-8-23(28)4)26-16-14-25(15-17-26)24-12-10-21(2)11-13-24;1-9-6-7-10-4-2-3-5-11(10)8-9;1-2-6-9-7-4-3-5-8-9;1-2/h6-20,22H,5H2,1-4H3;2-8H,1H3;3-5,7-8H,2,6H2,1H3;1-2H3. The van der Waals surface area contributed by atoms with Crippen LogP contribution in [0.25, 0.3) is 44.2 Å². The summed E-state index contributed by atoms with van der Waals surface area (Å²) < 4.78 is 0. The van der Waals surface area contributed by atoms with E-state index in [-0.39, 0.29) is 0 Å². The van der Waals surface area contributed by atoms with Gasteiger partial charge < -0.3 is 0 Å². The molecule has 0 heteroatoms. The fourth-order valence-corrected chi connectivity index (χ4v) is 6.34. The Morgan fingerprint density at radius 3 is 1.58 bits per heavy atom. The van der Waals surface area contributed by atoms with Gasteiger partial charge in [-0.2, -0.15) is 0 Å². The molecule has 0 amide bonds. The van der Waals surface area contributed by atoms with Crippen LogP contribution in [0.4, 0.5) is 0 Å². The van der Waals surface area contributed by atoms with E-state index in [1.54, 1.807) is 0 Å². The van der Waals surface area contributed by atoms with Gasteiger partial charge in [-0.3, -0.25) is 0 Å². The number of rotatable bonds is 7. The van der Waals surface area contributed by atoms with Crippen LogP contribution in [-0.4, -0.2) is 0 Å². The zero-order valence-electron chi connectivity index (χ0n) is 32.8. The van der Waals surface area contributed by atoms with Crippen molar-refractivity contribution in [2.45, 2.75) is 80.6 Å². The Morgan fingerprint density at radius 1 is 0.442 bits per heavy atom. The van der Waals surface area contributed by atoms with Gasteiger partial charge in [0.25, 0.3) is 0 Å². The minimum absolute atomic E-state index is 0.539. The molecule has 7 rings (SSSR count). The van der Waals surface area contributed by atoms with Crippen molar-refractivity contribution in [3.05, 3.63) is 192 Å². The van der Waals surface area contributed by atoms with Crippen LogP contribution < -0.4 is 0 Å². The Balaban J connectivity index is 0.000000222. The third-order valence-electron chi connectivity index (χ3n) is 9.52. The molecular formula is C52H58. The minimum atomic E-state index is 0.539. The summed E-state index contributed by atoms with van der Waals surface area (Å²) in [6.07, 6.45) is 3.59. The Hall–Kier alpha value is -5.20. The molecule has 0 aliphatic heterocycles. The van der Waals surface area contributed by atoms with Gasteiger partial charge in [0, 0.05) is 0 Å². The molecule has 0 spiro atoms. The molecule has 52 heavy (non-hydrogen) atoms. The van der Waals surface area contributed by atoms with E-state index in [0.29, 0.717) is 5.92 Å². The van der Waals surface area contributed by atoms with Crippen molar-refractivity contribution in [1.82, 2.24) is 0 Å². The van der Waals surface area contributed by atoms with E-state index in [1.165, 1.54) is 84.8 Å². The van der Waals surface area contributed by atoms with Crippen LogP contribution in [0.2, 0.25) is 0 Å². The Morgan fingerprint density at radius 2 is 0.962 bits per heavy atom. The SMILES string of the molecule is CC.CCC(C)c1ccc(-c2ccc(-c3ccc(C)cc3)cc2)cc1-c1ccccc1C.CCCc1ccccc1.Cc1ccc2ccccc2c1. The first-order valence-electron chi connectivity index (χ1n) is 19.2. The molecule has 0 aromatic heterocycles. The summed E-state index contributed by atoms with van der Waals surface area (Å²) >= 11 is 0. The molecule has 0 aliphatic carbocycles. The van der Waals surface area contributed by atoms with Gasteiger partial charge >= 0.3 is 0 Å². The monoisotopic (exact) mass is 682 g/mol. The Kier molecular flexibility index (Phi) is 15.7. The predicted molar refractivity (Wildman–Crippen MR) is 231 cm³/mol. The largest absolute Gasteiger partial charge is 0.0683 e. The molecule has 1 unspecified atom stereocenters. The summed E-state index contributed by atoms with van der Waals surface area (Å²) in [6, 6.07) is 58.9. The molecule has 7 aromatic carbocycles. The highest BCUT2D eigenvalue weighted by molar-refractivity contribution is 5.83. The van der Waals surface area contributed by atoms with Gasteiger partial charge in [-0.15, -0.1) is 0 Å². The van der Waals surface area contributed by atoms with Crippen LogP contribution in [0.3, 0.4) is 0 Å². The molecule has 0 N–H and O–H groups in total. The zero-order valence-corrected chi connectivity index (χ0v) is 32.8. The number of aryl methyl sites for hydroxylation is 4. The van der Waals surface area contributed by atoms with Crippen LogP contribution in [0.1, 0.15) is 81.2 Å². The summed E-state index contributed by atoms with van der Waals surface area (Å²) in [5.41, 5.74) is 14.6. The van der Waals surface area contributed by atoms with Crippen LogP contribution in [-0.2, 0) is 6.42 Å². The van der Waals surface area contributed by atoms with Gasteiger partial charge in [0.2, 0.25) is 0 Å². The van der Waals surface area contributed by atoms with Gasteiger partial charge in [0.15, 0.2) is 0 Å². The van der Waals surface area contributed by atoms with Crippen molar-refractivity contribution in [3.63, 3.8) is 0 Å². The molecule has 0 bridgehead atoms. The summed E-state index contributed by atoms with van der Waals surface area (Å²) in [4.78, 5) is 0. The zero-order chi connectivity index (χ0) is 37.3. The first-order chi connectivity index (χ1) is 25.4. The molecule has 266 valence electrons. The second-order valence-corrected chi connectivity index (χ2v) is 13.5. The molecule has 0 nitrogen and oxygen atoms in total. The van der Waals surface area contributed by atoms with Gasteiger partial charge in [-0.05, 0) is 106 Å². The lowest BCUT2D eigenvalue weighted by Crippen LogP contribution is -1.97. The number of hydrogen-bond donors (Lipinski definition) is 0.